The van der Waals surface area contributed by atoms with Crippen molar-refractivity contribution >= 4 is 22.9 Å². The highest BCUT2D eigenvalue weighted by molar-refractivity contribution is 7.14. The van der Waals surface area contributed by atoms with Crippen LogP contribution in [0.15, 0.2) is 30.3 Å². The van der Waals surface area contributed by atoms with Gasteiger partial charge in [-0.15, -0.1) is 11.3 Å². The van der Waals surface area contributed by atoms with Gasteiger partial charge in [0.05, 0.1) is 12.0 Å². The van der Waals surface area contributed by atoms with E-state index in [4.69, 9.17) is 4.74 Å². The van der Waals surface area contributed by atoms with Crippen molar-refractivity contribution in [3.05, 3.63) is 45.6 Å². The number of methoxy groups -OCH3 is 1. The van der Waals surface area contributed by atoms with Crippen molar-refractivity contribution < 1.29 is 9.53 Å². The van der Waals surface area contributed by atoms with Crippen LogP contribution in [0.1, 0.15) is 39.4 Å². The average molecular weight is 301 g/mol. The topological polar surface area (TPSA) is 38.3 Å². The van der Waals surface area contributed by atoms with Crippen LogP contribution in [0.4, 0.5) is 5.69 Å². The molecule has 110 valence electrons. The molecule has 0 bridgehead atoms. The van der Waals surface area contributed by atoms with Gasteiger partial charge in [-0.2, -0.15) is 0 Å². The predicted molar refractivity (Wildman–Crippen MR) is 86.5 cm³/mol. The highest BCUT2D eigenvalue weighted by Gasteiger charge is 2.16. The molecule has 0 radical (unpaired) electrons. The van der Waals surface area contributed by atoms with Crippen molar-refractivity contribution in [3.63, 3.8) is 0 Å². The molecule has 1 aliphatic carbocycles. The number of hydrogen-bond donors (Lipinski definition) is 1. The zero-order valence-corrected chi connectivity index (χ0v) is 13.0. The third kappa shape index (κ3) is 3.27. The van der Waals surface area contributed by atoms with Crippen LogP contribution in [0.2, 0.25) is 0 Å². The van der Waals surface area contributed by atoms with Crippen molar-refractivity contribution in [2.24, 2.45) is 0 Å². The summed E-state index contributed by atoms with van der Waals surface area (Å²) < 4.78 is 5.17. The SMILES string of the molecule is COc1cccc(NC(=O)c2cc3c(s2)CCCCC3)c1. The Balaban J connectivity index is 1.76. The van der Waals surface area contributed by atoms with Crippen molar-refractivity contribution in [2.75, 3.05) is 12.4 Å². The van der Waals surface area contributed by atoms with Gasteiger partial charge >= 0.3 is 0 Å². The third-order valence-corrected chi connectivity index (χ3v) is 5.03. The number of benzene rings is 1. The Hall–Kier alpha value is -1.81. The highest BCUT2D eigenvalue weighted by atomic mass is 32.1. The maximum atomic E-state index is 12.4. The third-order valence-electron chi connectivity index (χ3n) is 3.80. The number of carbonyl (C=O) groups excluding carboxylic acids is 1. The molecule has 1 heterocycles. The molecule has 0 aliphatic heterocycles. The molecule has 0 fully saturated rings. The summed E-state index contributed by atoms with van der Waals surface area (Å²) in [5.41, 5.74) is 2.14. The van der Waals surface area contributed by atoms with Crippen molar-refractivity contribution in [3.8, 4) is 5.75 Å². The summed E-state index contributed by atoms with van der Waals surface area (Å²) in [7, 11) is 1.62. The van der Waals surface area contributed by atoms with Crippen LogP contribution in [0.25, 0.3) is 0 Å². The standard InChI is InChI=1S/C17H19NO2S/c1-20-14-8-5-7-13(11-14)18-17(19)16-10-12-6-3-2-4-9-15(12)21-16/h5,7-8,10-11H,2-4,6,9H2,1H3,(H,18,19). The molecule has 1 amide bonds. The number of hydrogen-bond acceptors (Lipinski definition) is 3. The monoisotopic (exact) mass is 301 g/mol. The Kier molecular flexibility index (Phi) is 4.25. The minimum atomic E-state index is -0.0265. The van der Waals surface area contributed by atoms with Gasteiger partial charge in [-0.05, 0) is 49.4 Å². The van der Waals surface area contributed by atoms with E-state index in [9.17, 15) is 4.79 Å². The lowest BCUT2D eigenvalue weighted by atomic mass is 10.1. The minimum Gasteiger partial charge on any atom is -0.497 e. The first kappa shape index (κ1) is 14.1. The van der Waals surface area contributed by atoms with Gasteiger partial charge in [-0.25, -0.2) is 0 Å². The zero-order chi connectivity index (χ0) is 14.7. The predicted octanol–water partition coefficient (Wildman–Crippen LogP) is 4.28. The second-order valence-corrected chi connectivity index (χ2v) is 6.44. The first-order chi connectivity index (χ1) is 10.3. The molecule has 0 saturated heterocycles. The van der Waals surface area contributed by atoms with E-state index < -0.39 is 0 Å². The number of thiophene rings is 1. The fourth-order valence-corrected chi connectivity index (χ4v) is 3.82. The smallest absolute Gasteiger partial charge is 0.265 e. The van der Waals surface area contributed by atoms with Crippen LogP contribution in [-0.2, 0) is 12.8 Å². The summed E-state index contributed by atoms with van der Waals surface area (Å²) in [5.74, 6) is 0.719. The second-order valence-electron chi connectivity index (χ2n) is 5.31. The van der Waals surface area contributed by atoms with Gasteiger partial charge < -0.3 is 10.1 Å². The summed E-state index contributed by atoms with van der Waals surface area (Å²) in [6.45, 7) is 0. The van der Waals surface area contributed by atoms with Gasteiger partial charge in [0, 0.05) is 16.6 Å². The molecule has 4 heteroatoms. The molecule has 1 N–H and O–H groups in total. The summed E-state index contributed by atoms with van der Waals surface area (Å²) in [5, 5.41) is 2.95. The molecule has 1 aromatic heterocycles. The molecular formula is C17H19NO2S. The lowest BCUT2D eigenvalue weighted by Gasteiger charge is -2.05. The van der Waals surface area contributed by atoms with E-state index in [0.29, 0.717) is 0 Å². The van der Waals surface area contributed by atoms with Crippen LogP contribution in [0.3, 0.4) is 0 Å². The number of nitrogens with one attached hydrogen (secondary N) is 1. The van der Waals surface area contributed by atoms with E-state index in [1.165, 1.54) is 29.7 Å². The highest BCUT2D eigenvalue weighted by Crippen LogP contribution is 2.29. The van der Waals surface area contributed by atoms with E-state index in [1.54, 1.807) is 18.4 Å². The zero-order valence-electron chi connectivity index (χ0n) is 12.1. The quantitative estimate of drug-likeness (QED) is 0.859. The molecule has 21 heavy (non-hydrogen) atoms. The lowest BCUT2D eigenvalue weighted by molar-refractivity contribution is 0.103. The lowest BCUT2D eigenvalue weighted by Crippen LogP contribution is -2.10. The Bertz CT molecular complexity index is 624. The van der Waals surface area contributed by atoms with Crippen LogP contribution in [0.5, 0.6) is 5.75 Å². The molecule has 3 rings (SSSR count). The van der Waals surface area contributed by atoms with Crippen molar-refractivity contribution in [1.29, 1.82) is 0 Å². The van der Waals surface area contributed by atoms with E-state index in [-0.39, 0.29) is 5.91 Å². The summed E-state index contributed by atoms with van der Waals surface area (Å²) in [6.07, 6.45) is 6.00. The summed E-state index contributed by atoms with van der Waals surface area (Å²) >= 11 is 1.64. The van der Waals surface area contributed by atoms with Gasteiger partial charge in [0.2, 0.25) is 0 Å². The van der Waals surface area contributed by atoms with Crippen LogP contribution in [0, 0.1) is 0 Å². The maximum Gasteiger partial charge on any atom is 0.265 e. The molecule has 3 nitrogen and oxygen atoms in total. The van der Waals surface area contributed by atoms with Crippen molar-refractivity contribution in [2.45, 2.75) is 32.1 Å². The van der Waals surface area contributed by atoms with Gasteiger partial charge in [-0.3, -0.25) is 4.79 Å². The van der Waals surface area contributed by atoms with E-state index in [2.05, 4.69) is 11.4 Å². The molecule has 2 aromatic rings. The normalized spacial score (nSPS) is 14.1. The second kappa shape index (κ2) is 6.31. The molecule has 0 spiro atoms. The number of carbonyl (C=O) groups is 1. The van der Waals surface area contributed by atoms with Gasteiger partial charge in [-0.1, -0.05) is 12.5 Å². The maximum absolute atomic E-state index is 12.4. The summed E-state index contributed by atoms with van der Waals surface area (Å²) in [4.78, 5) is 14.6. The van der Waals surface area contributed by atoms with Crippen LogP contribution < -0.4 is 10.1 Å². The van der Waals surface area contributed by atoms with E-state index >= 15 is 0 Å². The molecule has 0 atom stereocenters. The van der Waals surface area contributed by atoms with Crippen LogP contribution >= 0.6 is 11.3 Å². The number of ether oxygens (including phenoxy) is 1. The fraction of sp³-hybridized carbons (Fsp3) is 0.353. The van der Waals surface area contributed by atoms with E-state index in [0.717, 1.165) is 29.2 Å². The Labute approximate surface area is 129 Å². The number of anilines is 1. The first-order valence-corrected chi connectivity index (χ1v) is 8.15. The summed E-state index contributed by atoms with van der Waals surface area (Å²) in [6, 6.07) is 9.51. The minimum absolute atomic E-state index is 0.0265. The number of fused-ring (bicyclic) bond motifs is 1. The number of rotatable bonds is 3. The number of amides is 1. The average Bonchev–Trinajstić information content (AvgIpc) is 2.79. The van der Waals surface area contributed by atoms with Crippen molar-refractivity contribution in [1.82, 2.24) is 0 Å². The number of aryl methyl sites for hydroxylation is 2. The van der Waals surface area contributed by atoms with Gasteiger partial charge in [0.1, 0.15) is 5.75 Å². The molecule has 1 aliphatic rings. The van der Waals surface area contributed by atoms with Gasteiger partial charge in [0.15, 0.2) is 0 Å². The largest absolute Gasteiger partial charge is 0.497 e. The van der Waals surface area contributed by atoms with Crippen LogP contribution in [-0.4, -0.2) is 13.0 Å². The Morgan fingerprint density at radius 1 is 1.19 bits per heavy atom. The van der Waals surface area contributed by atoms with Gasteiger partial charge in [0.25, 0.3) is 5.91 Å². The molecule has 1 aromatic carbocycles. The Morgan fingerprint density at radius 3 is 2.90 bits per heavy atom. The fourth-order valence-electron chi connectivity index (χ4n) is 2.67. The first-order valence-electron chi connectivity index (χ1n) is 7.33. The molecular weight excluding hydrogens is 282 g/mol. The molecule has 0 unspecified atom stereocenters. The Morgan fingerprint density at radius 2 is 2.05 bits per heavy atom. The van der Waals surface area contributed by atoms with E-state index in [1.807, 2.05) is 24.3 Å². The molecule has 0 saturated carbocycles.